The number of benzene rings is 4. The molecule has 0 saturated carbocycles. The summed E-state index contributed by atoms with van der Waals surface area (Å²) >= 11 is 0. The zero-order valence-corrected chi connectivity index (χ0v) is 24.7. The first-order chi connectivity index (χ1) is 18.8. The van der Waals surface area contributed by atoms with E-state index in [9.17, 15) is 0 Å². The Balaban J connectivity index is 0.000000998. The van der Waals surface area contributed by atoms with E-state index in [4.69, 9.17) is 0 Å². The fourth-order valence-corrected chi connectivity index (χ4v) is 4.68. The second kappa shape index (κ2) is 14.7. The van der Waals surface area contributed by atoms with Gasteiger partial charge in [0.05, 0.1) is 5.41 Å². The molecule has 0 aromatic heterocycles. The van der Waals surface area contributed by atoms with Crippen LogP contribution < -0.4 is 0 Å². The standard InChI is InChI=1S/C34H32.C3H6.C2H6/c1-7-27-10-18-31(19-11-27)34(30-16-8-26(6)9-17-30,32-20-12-28(13-21-32)24(2)3)33-22-14-29(15-23-33)25(4)5;1-3-2;1-2/h7-23H,1-2,4H2,3,5-6H3;3H,1H2,2H3;1-2H3. The van der Waals surface area contributed by atoms with Gasteiger partial charge in [-0.25, -0.2) is 0 Å². The van der Waals surface area contributed by atoms with Crippen LogP contribution in [0.1, 0.15) is 79.1 Å². The Morgan fingerprint density at radius 2 is 0.846 bits per heavy atom. The van der Waals surface area contributed by atoms with E-state index in [-0.39, 0.29) is 0 Å². The molecule has 39 heavy (non-hydrogen) atoms. The van der Waals surface area contributed by atoms with Crippen LogP contribution in [0.5, 0.6) is 0 Å². The SMILES string of the molecule is C=CC.C=Cc1ccc(C(c2ccc(C)cc2)(c2ccc(C(=C)C)cc2)c2ccc(C(=C)C)cc2)cc1.CC. The van der Waals surface area contributed by atoms with Crippen molar-refractivity contribution in [3.8, 4) is 0 Å². The molecule has 200 valence electrons. The summed E-state index contributed by atoms with van der Waals surface area (Å²) in [6.45, 7) is 27.7. The molecule has 0 heterocycles. The second-order valence-corrected chi connectivity index (χ2v) is 9.57. The highest BCUT2D eigenvalue weighted by molar-refractivity contribution is 5.67. The van der Waals surface area contributed by atoms with Crippen molar-refractivity contribution < 1.29 is 0 Å². The molecule has 0 heteroatoms. The van der Waals surface area contributed by atoms with Gasteiger partial charge in [-0.05, 0) is 66.6 Å². The van der Waals surface area contributed by atoms with Crippen molar-refractivity contribution >= 4 is 17.2 Å². The first-order valence-electron chi connectivity index (χ1n) is 13.7. The fourth-order valence-electron chi connectivity index (χ4n) is 4.68. The maximum absolute atomic E-state index is 4.13. The third-order valence-electron chi connectivity index (χ3n) is 6.69. The van der Waals surface area contributed by atoms with Crippen molar-refractivity contribution in [2.75, 3.05) is 0 Å². The van der Waals surface area contributed by atoms with Crippen LogP contribution >= 0.6 is 0 Å². The quantitative estimate of drug-likeness (QED) is 0.171. The van der Waals surface area contributed by atoms with Gasteiger partial charge in [-0.2, -0.15) is 0 Å². The van der Waals surface area contributed by atoms with Gasteiger partial charge in [-0.3, -0.25) is 0 Å². The second-order valence-electron chi connectivity index (χ2n) is 9.57. The molecule has 0 atom stereocenters. The monoisotopic (exact) mass is 512 g/mol. The average Bonchev–Trinajstić information content (AvgIpc) is 2.97. The summed E-state index contributed by atoms with van der Waals surface area (Å²) in [6, 6.07) is 35.4. The normalized spacial score (nSPS) is 10.2. The van der Waals surface area contributed by atoms with Crippen LogP contribution in [0, 0.1) is 6.92 Å². The van der Waals surface area contributed by atoms with Crippen molar-refractivity contribution in [2.45, 2.75) is 47.0 Å². The zero-order chi connectivity index (χ0) is 29.0. The Morgan fingerprint density at radius 3 is 1.13 bits per heavy atom. The van der Waals surface area contributed by atoms with Gasteiger partial charge in [-0.1, -0.05) is 160 Å². The molecule has 4 rings (SSSR count). The molecule has 0 aliphatic rings. The third kappa shape index (κ3) is 7.03. The minimum atomic E-state index is -0.478. The Labute approximate surface area is 237 Å². The number of hydrogen-bond acceptors (Lipinski definition) is 0. The van der Waals surface area contributed by atoms with Gasteiger partial charge in [0.15, 0.2) is 0 Å². The fraction of sp³-hybridized carbons (Fsp3) is 0.179. The highest BCUT2D eigenvalue weighted by atomic mass is 14.4. The average molecular weight is 513 g/mol. The maximum Gasteiger partial charge on any atom is 0.0701 e. The highest BCUT2D eigenvalue weighted by Crippen LogP contribution is 2.45. The first kappa shape index (κ1) is 31.1. The molecule has 0 fully saturated rings. The van der Waals surface area contributed by atoms with Gasteiger partial charge >= 0.3 is 0 Å². The van der Waals surface area contributed by atoms with Crippen LogP contribution in [0.3, 0.4) is 0 Å². The molecule has 0 spiro atoms. The van der Waals surface area contributed by atoms with E-state index in [1.54, 1.807) is 6.08 Å². The largest absolute Gasteiger partial charge is 0.103 e. The lowest BCUT2D eigenvalue weighted by Gasteiger charge is -2.37. The third-order valence-corrected chi connectivity index (χ3v) is 6.69. The summed E-state index contributed by atoms with van der Waals surface area (Å²) in [5.41, 5.74) is 11.2. The summed E-state index contributed by atoms with van der Waals surface area (Å²) in [6.07, 6.45) is 3.64. The lowest BCUT2D eigenvalue weighted by Crippen LogP contribution is -2.31. The van der Waals surface area contributed by atoms with E-state index in [1.807, 2.05) is 40.7 Å². The molecule has 0 aliphatic heterocycles. The summed E-state index contributed by atoms with van der Waals surface area (Å²) < 4.78 is 0. The van der Waals surface area contributed by atoms with E-state index in [1.165, 1.54) is 27.8 Å². The van der Waals surface area contributed by atoms with Crippen LogP contribution in [0.25, 0.3) is 17.2 Å². The van der Waals surface area contributed by atoms with E-state index in [2.05, 4.69) is 130 Å². The van der Waals surface area contributed by atoms with E-state index in [0.29, 0.717) is 0 Å². The summed E-state index contributed by atoms with van der Waals surface area (Å²) in [5, 5.41) is 0. The molecule has 0 unspecified atom stereocenters. The van der Waals surface area contributed by atoms with Crippen molar-refractivity contribution in [1.29, 1.82) is 0 Å². The summed E-state index contributed by atoms with van der Waals surface area (Å²) in [5.74, 6) is 0. The number of rotatable bonds is 7. The number of hydrogen-bond donors (Lipinski definition) is 0. The van der Waals surface area contributed by atoms with E-state index < -0.39 is 5.41 Å². The molecular formula is C39H44. The van der Waals surface area contributed by atoms with Crippen molar-refractivity contribution in [3.63, 3.8) is 0 Å². The van der Waals surface area contributed by atoms with Crippen LogP contribution in [0.4, 0.5) is 0 Å². The Kier molecular flexibility index (Phi) is 11.7. The van der Waals surface area contributed by atoms with Gasteiger partial charge in [0.2, 0.25) is 0 Å². The molecular weight excluding hydrogens is 468 g/mol. The first-order valence-corrected chi connectivity index (χ1v) is 13.7. The number of allylic oxidation sites excluding steroid dienone is 3. The summed E-state index contributed by atoms with van der Waals surface area (Å²) in [4.78, 5) is 0. The van der Waals surface area contributed by atoms with E-state index in [0.717, 1.165) is 27.8 Å². The van der Waals surface area contributed by atoms with Crippen LogP contribution in [-0.4, -0.2) is 0 Å². The van der Waals surface area contributed by atoms with Crippen LogP contribution in [0.2, 0.25) is 0 Å². The topological polar surface area (TPSA) is 0 Å². The van der Waals surface area contributed by atoms with Crippen molar-refractivity contribution in [2.24, 2.45) is 0 Å². The molecule has 0 amide bonds. The predicted molar refractivity (Wildman–Crippen MR) is 176 cm³/mol. The van der Waals surface area contributed by atoms with Gasteiger partial charge in [-0.15, -0.1) is 6.58 Å². The molecule has 4 aromatic carbocycles. The molecule has 0 radical (unpaired) electrons. The molecule has 4 aromatic rings. The molecule has 0 N–H and O–H groups in total. The van der Waals surface area contributed by atoms with E-state index >= 15 is 0 Å². The predicted octanol–water partition coefficient (Wildman–Crippen LogP) is 11.3. The Bertz CT molecular complexity index is 1300. The highest BCUT2D eigenvalue weighted by Gasteiger charge is 2.38. The smallest absolute Gasteiger partial charge is 0.0701 e. The van der Waals surface area contributed by atoms with Gasteiger partial charge < -0.3 is 0 Å². The maximum atomic E-state index is 4.13. The van der Waals surface area contributed by atoms with Crippen molar-refractivity contribution in [3.05, 3.63) is 174 Å². The molecule has 0 saturated heterocycles. The number of aryl methyl sites for hydroxylation is 1. The Morgan fingerprint density at radius 1 is 0.564 bits per heavy atom. The van der Waals surface area contributed by atoms with Crippen LogP contribution in [0.15, 0.2) is 129 Å². The molecule has 0 bridgehead atoms. The lowest BCUT2D eigenvalue weighted by atomic mass is 9.64. The summed E-state index contributed by atoms with van der Waals surface area (Å²) in [7, 11) is 0. The Hall–Kier alpha value is -4.16. The zero-order valence-electron chi connectivity index (χ0n) is 24.7. The molecule has 0 nitrogen and oxygen atoms in total. The van der Waals surface area contributed by atoms with Gasteiger partial charge in [0.1, 0.15) is 0 Å². The lowest BCUT2D eigenvalue weighted by molar-refractivity contribution is 0.744. The minimum absolute atomic E-state index is 0.478. The molecule has 0 aliphatic carbocycles. The van der Waals surface area contributed by atoms with Crippen LogP contribution in [-0.2, 0) is 5.41 Å². The van der Waals surface area contributed by atoms with Crippen molar-refractivity contribution in [1.82, 2.24) is 0 Å². The van der Waals surface area contributed by atoms with Gasteiger partial charge in [0, 0.05) is 0 Å². The minimum Gasteiger partial charge on any atom is -0.103 e. The van der Waals surface area contributed by atoms with Gasteiger partial charge in [0.25, 0.3) is 0 Å².